The van der Waals surface area contributed by atoms with Gasteiger partial charge in [-0.25, -0.2) is 0 Å². The molecule has 4 nitrogen and oxygen atoms in total. The number of nitrogens with zero attached hydrogens (tertiary/aromatic N) is 1. The van der Waals surface area contributed by atoms with Crippen LogP contribution in [0.15, 0.2) is 24.3 Å². The zero-order valence-electron chi connectivity index (χ0n) is 12.4. The molecule has 112 valence electrons. The molecule has 0 aliphatic rings. The van der Waals surface area contributed by atoms with Gasteiger partial charge in [-0.2, -0.15) is 5.26 Å². The van der Waals surface area contributed by atoms with E-state index < -0.39 is 0 Å². The van der Waals surface area contributed by atoms with E-state index in [4.69, 9.17) is 10.00 Å². The van der Waals surface area contributed by atoms with E-state index in [2.05, 4.69) is 0 Å². The summed E-state index contributed by atoms with van der Waals surface area (Å²) in [5.74, 6) is -0.0839. The number of nitriles is 1. The van der Waals surface area contributed by atoms with Crippen LogP contribution < -0.4 is 0 Å². The summed E-state index contributed by atoms with van der Waals surface area (Å²) in [7, 11) is 0. The maximum atomic E-state index is 12.0. The van der Waals surface area contributed by atoms with Crippen molar-refractivity contribution in [3.8, 4) is 6.07 Å². The number of esters is 1. The first-order valence-corrected chi connectivity index (χ1v) is 7.36. The van der Waals surface area contributed by atoms with Gasteiger partial charge in [-0.1, -0.05) is 25.0 Å². The molecule has 21 heavy (non-hydrogen) atoms. The molecule has 4 heteroatoms. The van der Waals surface area contributed by atoms with Crippen molar-refractivity contribution in [2.75, 3.05) is 6.61 Å². The summed E-state index contributed by atoms with van der Waals surface area (Å²) < 4.78 is 4.85. The fourth-order valence-corrected chi connectivity index (χ4v) is 2.05. The molecule has 0 spiro atoms. The fraction of sp³-hybridized carbons (Fsp3) is 0.471. The van der Waals surface area contributed by atoms with Crippen LogP contribution in [-0.4, -0.2) is 18.4 Å². The van der Waals surface area contributed by atoms with E-state index in [1.807, 2.05) is 6.07 Å². The number of ketones is 1. The molecule has 0 atom stereocenters. The van der Waals surface area contributed by atoms with Crippen molar-refractivity contribution in [2.24, 2.45) is 0 Å². The van der Waals surface area contributed by atoms with Crippen molar-refractivity contribution in [3.63, 3.8) is 0 Å². The van der Waals surface area contributed by atoms with Crippen molar-refractivity contribution in [3.05, 3.63) is 35.4 Å². The van der Waals surface area contributed by atoms with Gasteiger partial charge in [0.2, 0.25) is 0 Å². The van der Waals surface area contributed by atoms with Gasteiger partial charge >= 0.3 is 5.97 Å². The second-order valence-electron chi connectivity index (χ2n) is 4.84. The largest absolute Gasteiger partial charge is 0.466 e. The smallest absolute Gasteiger partial charge is 0.305 e. The Morgan fingerprint density at radius 3 is 2.52 bits per heavy atom. The Morgan fingerprint density at radius 2 is 1.86 bits per heavy atom. The maximum Gasteiger partial charge on any atom is 0.305 e. The molecule has 0 aliphatic carbocycles. The van der Waals surface area contributed by atoms with Crippen LogP contribution in [-0.2, 0) is 9.53 Å². The first-order chi connectivity index (χ1) is 10.2. The SMILES string of the molecule is CCOC(=O)CCCCCCC(=O)c1cccc(C#N)c1. The van der Waals surface area contributed by atoms with Crippen LogP contribution in [0.5, 0.6) is 0 Å². The maximum absolute atomic E-state index is 12.0. The Hall–Kier alpha value is -2.15. The number of ether oxygens (including phenoxy) is 1. The minimum absolute atomic E-state index is 0.0671. The lowest BCUT2D eigenvalue weighted by atomic mass is 10.0. The summed E-state index contributed by atoms with van der Waals surface area (Å²) >= 11 is 0. The first kappa shape index (κ1) is 16.9. The van der Waals surface area contributed by atoms with E-state index in [0.29, 0.717) is 30.6 Å². The molecule has 0 unspecified atom stereocenters. The Kier molecular flexibility index (Phi) is 7.81. The molecule has 0 N–H and O–H groups in total. The third-order valence-electron chi connectivity index (χ3n) is 3.15. The average molecular weight is 287 g/mol. The van der Waals surface area contributed by atoms with Crippen LogP contribution in [0, 0.1) is 11.3 Å². The van der Waals surface area contributed by atoms with E-state index in [0.717, 1.165) is 25.7 Å². The van der Waals surface area contributed by atoms with E-state index in [1.165, 1.54) is 0 Å². The van der Waals surface area contributed by atoms with Gasteiger partial charge < -0.3 is 4.74 Å². The second kappa shape index (κ2) is 9.71. The summed E-state index contributed by atoms with van der Waals surface area (Å²) in [6.07, 6.45) is 4.38. The summed E-state index contributed by atoms with van der Waals surface area (Å²) in [5, 5.41) is 8.80. The Balaban J connectivity index is 2.19. The monoisotopic (exact) mass is 287 g/mol. The molecular weight excluding hydrogens is 266 g/mol. The highest BCUT2D eigenvalue weighted by Gasteiger charge is 2.06. The van der Waals surface area contributed by atoms with Crippen LogP contribution in [0.3, 0.4) is 0 Å². The van der Waals surface area contributed by atoms with Crippen LogP contribution in [0.1, 0.15) is 61.4 Å². The molecule has 0 aromatic heterocycles. The van der Waals surface area contributed by atoms with E-state index >= 15 is 0 Å². The Bertz CT molecular complexity index is 517. The molecule has 1 aromatic rings. The summed E-state index contributed by atoms with van der Waals surface area (Å²) in [5.41, 5.74) is 1.11. The molecule has 0 heterocycles. The first-order valence-electron chi connectivity index (χ1n) is 7.36. The number of benzene rings is 1. The molecule has 0 aliphatic heterocycles. The van der Waals surface area contributed by atoms with Crippen molar-refractivity contribution in [2.45, 2.75) is 45.4 Å². The average Bonchev–Trinajstić information content (AvgIpc) is 2.50. The predicted molar refractivity (Wildman–Crippen MR) is 79.8 cm³/mol. The molecule has 0 radical (unpaired) electrons. The van der Waals surface area contributed by atoms with Gasteiger partial charge in [0.1, 0.15) is 0 Å². The Labute approximate surface area is 125 Å². The second-order valence-corrected chi connectivity index (χ2v) is 4.84. The zero-order valence-corrected chi connectivity index (χ0v) is 12.4. The minimum atomic E-state index is -0.151. The van der Waals surface area contributed by atoms with Gasteiger partial charge in [-0.3, -0.25) is 9.59 Å². The summed E-state index contributed by atoms with van der Waals surface area (Å²) in [4.78, 5) is 23.1. The number of hydrogen-bond donors (Lipinski definition) is 0. The molecule has 0 fully saturated rings. The quantitative estimate of drug-likeness (QED) is 0.395. The van der Waals surface area contributed by atoms with Crippen molar-refractivity contribution < 1.29 is 14.3 Å². The van der Waals surface area contributed by atoms with Gasteiger partial charge in [0.05, 0.1) is 18.2 Å². The number of carbonyl (C=O) groups is 2. The topological polar surface area (TPSA) is 67.2 Å². The lowest BCUT2D eigenvalue weighted by Crippen LogP contribution is -2.03. The number of carbonyl (C=O) groups excluding carboxylic acids is 2. The number of unbranched alkanes of at least 4 members (excludes halogenated alkanes) is 3. The number of rotatable bonds is 9. The number of Topliss-reactive ketones (excluding diaryl/α,β-unsaturated/α-hetero) is 1. The predicted octanol–water partition coefficient (Wildman–Crippen LogP) is 3.64. The van der Waals surface area contributed by atoms with Crippen LogP contribution in [0.4, 0.5) is 0 Å². The minimum Gasteiger partial charge on any atom is -0.466 e. The van der Waals surface area contributed by atoms with Crippen LogP contribution in [0.25, 0.3) is 0 Å². The Morgan fingerprint density at radius 1 is 1.14 bits per heavy atom. The third kappa shape index (κ3) is 6.71. The normalized spacial score (nSPS) is 9.90. The van der Waals surface area contributed by atoms with Crippen molar-refractivity contribution in [1.29, 1.82) is 5.26 Å². The zero-order chi connectivity index (χ0) is 15.5. The highest BCUT2D eigenvalue weighted by atomic mass is 16.5. The number of hydrogen-bond acceptors (Lipinski definition) is 4. The molecular formula is C17H21NO3. The molecule has 1 rings (SSSR count). The van der Waals surface area contributed by atoms with Gasteiger partial charge in [0, 0.05) is 18.4 Å². The lowest BCUT2D eigenvalue weighted by molar-refractivity contribution is -0.143. The van der Waals surface area contributed by atoms with Gasteiger partial charge in [0.15, 0.2) is 5.78 Å². The molecule has 0 bridgehead atoms. The van der Waals surface area contributed by atoms with Crippen molar-refractivity contribution >= 4 is 11.8 Å². The lowest BCUT2D eigenvalue weighted by Gasteiger charge is -2.03. The molecule has 0 saturated heterocycles. The van der Waals surface area contributed by atoms with E-state index in [9.17, 15) is 9.59 Å². The summed E-state index contributed by atoms with van der Waals surface area (Å²) in [6.45, 7) is 2.22. The molecule has 0 amide bonds. The van der Waals surface area contributed by atoms with Gasteiger partial charge in [-0.05, 0) is 31.9 Å². The van der Waals surface area contributed by atoms with Gasteiger partial charge in [-0.15, -0.1) is 0 Å². The molecule has 1 aromatic carbocycles. The van der Waals surface area contributed by atoms with Gasteiger partial charge in [0.25, 0.3) is 0 Å². The van der Waals surface area contributed by atoms with Crippen LogP contribution >= 0.6 is 0 Å². The third-order valence-corrected chi connectivity index (χ3v) is 3.15. The standard InChI is InChI=1S/C17H21NO3/c1-2-21-17(20)11-6-4-3-5-10-16(19)15-9-7-8-14(12-15)13-18/h7-9,12H,2-6,10-11H2,1H3. The van der Waals surface area contributed by atoms with Crippen LogP contribution in [0.2, 0.25) is 0 Å². The molecule has 0 saturated carbocycles. The van der Waals surface area contributed by atoms with Crippen molar-refractivity contribution in [1.82, 2.24) is 0 Å². The van der Waals surface area contributed by atoms with E-state index in [1.54, 1.807) is 31.2 Å². The van der Waals surface area contributed by atoms with E-state index in [-0.39, 0.29) is 11.8 Å². The highest BCUT2D eigenvalue weighted by Crippen LogP contribution is 2.11. The summed E-state index contributed by atoms with van der Waals surface area (Å²) in [6, 6.07) is 8.81. The highest BCUT2D eigenvalue weighted by molar-refractivity contribution is 5.96. The fourth-order valence-electron chi connectivity index (χ4n) is 2.05.